The molecule has 108 heavy (non-hydrogen) atoms. The number of phosphoric ester groups is 1. The van der Waals surface area contributed by atoms with Crippen LogP contribution in [0.5, 0.6) is 0 Å². The van der Waals surface area contributed by atoms with Gasteiger partial charge in [0, 0.05) is 164 Å². The predicted octanol–water partition coefficient (Wildman–Crippen LogP) is -2.65. The van der Waals surface area contributed by atoms with Crippen molar-refractivity contribution in [2.75, 3.05) is 13.2 Å². The molecule has 15 atom stereocenters. The third-order valence-electron chi connectivity index (χ3n) is 21.7. The quantitative estimate of drug-likeness (QED) is 0.0195. The van der Waals surface area contributed by atoms with Crippen LogP contribution < -0.4 is 83.9 Å². The molecule has 2 aromatic heterocycles. The van der Waals surface area contributed by atoms with Crippen molar-refractivity contribution in [3.8, 4) is 0 Å². The summed E-state index contributed by atoms with van der Waals surface area (Å²) in [7, 11) is -5.35. The number of halogens is 2. The topological polar surface area (TPSA) is 560 Å². The number of carbonyl (C=O) groups is 7. The molecule has 594 valence electrons. The van der Waals surface area contributed by atoms with Crippen LogP contribution in [0.25, 0.3) is 11.0 Å². The maximum Gasteiger partial charge on any atom is 2.00 e. The van der Waals surface area contributed by atoms with Gasteiger partial charge in [0.2, 0.25) is 41.4 Å². The first-order valence-electron chi connectivity index (χ1n) is 33.6. The molecular formula is C71H96Br2CoN15O17PRe-2. The molecule has 37 heteroatoms. The van der Waals surface area contributed by atoms with Gasteiger partial charge in [-0.3, -0.25) is 58.1 Å². The number of carbonyl (C=O) groups excluding carboxylic acids is 7. The van der Waals surface area contributed by atoms with Crippen molar-refractivity contribution in [3.05, 3.63) is 114 Å². The Bertz CT molecular complexity index is 4080. The van der Waals surface area contributed by atoms with Crippen molar-refractivity contribution in [2.24, 2.45) is 94.7 Å². The number of amides is 7. The third kappa shape index (κ3) is 21.2. The number of aromatic nitrogens is 3. The number of nitrogens with two attached hydrogens (primary N) is 6. The van der Waals surface area contributed by atoms with Crippen LogP contribution in [-0.4, -0.2) is 133 Å². The number of aliphatic hydroxyl groups excluding tert-OH is 1. The predicted molar refractivity (Wildman–Crippen MR) is 375 cm³/mol. The number of aliphatic hydroxyl groups is 1. The molecule has 1 unspecified atom stereocenters. The zero-order valence-corrected chi connectivity index (χ0v) is 69.7. The average molecular weight is 1870 g/mol. The fourth-order valence-corrected chi connectivity index (χ4v) is 17.3. The Labute approximate surface area is 673 Å². The first-order chi connectivity index (χ1) is 48.3. The van der Waals surface area contributed by atoms with E-state index >= 15 is 0 Å². The molecular weight excluding hydrogens is 1770 g/mol. The molecule has 17 N–H and O–H groups in total. The van der Waals surface area contributed by atoms with Crippen LogP contribution in [0, 0.1) is 84.3 Å². The number of allylic oxidation sites excluding steroid dienone is 6. The molecule has 3 aromatic rings. The summed E-state index contributed by atoms with van der Waals surface area (Å²) in [4.78, 5) is 133. The molecule has 9 rings (SSSR count). The van der Waals surface area contributed by atoms with Crippen LogP contribution in [0.3, 0.4) is 0 Å². The number of fused-ring (bicyclic) bond motifs is 7. The molecule has 8 bridgehead atoms. The molecule has 8 heterocycles. The smallest absolute Gasteiger partial charge is 0 e. The number of phosphoric acid groups is 1. The Morgan fingerprint density at radius 1 is 0.806 bits per heavy atom. The van der Waals surface area contributed by atoms with Gasteiger partial charge < -0.3 is 129 Å². The Morgan fingerprint density at radius 3 is 1.92 bits per heavy atom. The molecule has 0 spiro atoms. The Balaban J connectivity index is 0.00000517. The number of primary amides is 6. The maximum absolute atomic E-state index is 14.5. The number of aliphatic imine (C=N–C) groups is 3. The van der Waals surface area contributed by atoms with Crippen LogP contribution in [-0.2, 0) is 110 Å². The number of ether oxygens (including phenoxy) is 2. The van der Waals surface area contributed by atoms with E-state index in [9.17, 15) is 48.1 Å². The number of aryl methyl sites for hydroxylation is 2. The van der Waals surface area contributed by atoms with E-state index in [1.807, 2.05) is 87.4 Å². The number of imidazole rings is 1. The van der Waals surface area contributed by atoms with Crippen LogP contribution in [0.2, 0.25) is 0 Å². The molecule has 2 radical (unpaired) electrons. The van der Waals surface area contributed by atoms with Crippen molar-refractivity contribution in [1.29, 1.82) is 5.26 Å². The van der Waals surface area contributed by atoms with Crippen molar-refractivity contribution in [3.63, 3.8) is 0 Å². The molecule has 0 aliphatic carbocycles. The van der Waals surface area contributed by atoms with Crippen LogP contribution in [0.1, 0.15) is 156 Å². The standard InChI is InChI=1S/C68H95N14O14P.CN.2CO.2BrH.Co.H2O.Re/c1-34-24-45-46(25-35(34)2)82(33-77-45)63-58(90)59(47(94-63)32-93-31-39-19-22-75-23-20-39)96-97(91,92)95-36(3)30-76-55(89)18-21-65(8)43(26-52(72)86)62-68(11)67(10,29-54(74)88)42(14-17-51(71)85)57(81-68)38(5)61-66(9,28-53(73)87)40(12-15-49(69)83)44(78-61)27-48-64(6,7)41(13-16-50(70)84)56(79-48)37(4)60(65)80-62;3*1-2;;;;;/h19-20,22-25,27,33,36,40-43,47,58-59,62-63,78,90H,12-18,21,26,28-32H2,1-11H3,(H2,69,83)(H2,70,84)(H2,71,85)(H2,72,86)(H2,73,87)(H2,74,88)(H,76,89)(H,91,92);;;;2*1H;;1H2;/q;-1;;;;;+2;;/p-3/b44-27-,56-37-,61-38-;;;;;;;;/t36-,40-,41-,42-,43+,47-,58-,59-,62-,63+,65-,66+,67+,68+;;;;;;;;/m1......../s1. The monoisotopic (exact) mass is 1870 g/mol. The summed E-state index contributed by atoms with van der Waals surface area (Å²) in [6, 6.07) is 6.25. The van der Waals surface area contributed by atoms with Gasteiger partial charge in [-0.1, -0.05) is 34.6 Å². The van der Waals surface area contributed by atoms with E-state index in [4.69, 9.17) is 89.0 Å². The van der Waals surface area contributed by atoms with E-state index in [0.29, 0.717) is 56.4 Å². The number of pyridine rings is 1. The van der Waals surface area contributed by atoms with Crippen LogP contribution >= 0.6 is 7.82 Å². The molecule has 6 aliphatic rings. The number of nitrogens with zero attached hydrogens (tertiary/aromatic N) is 7. The van der Waals surface area contributed by atoms with Gasteiger partial charge in [0.1, 0.15) is 18.3 Å². The summed E-state index contributed by atoms with van der Waals surface area (Å²) >= 11 is 0. The van der Waals surface area contributed by atoms with Gasteiger partial charge in [-0.05, 0) is 125 Å². The normalized spacial score (nSPS) is 29.3. The van der Waals surface area contributed by atoms with E-state index in [2.05, 4.69) is 33.9 Å². The van der Waals surface area contributed by atoms with Crippen LogP contribution in [0.15, 0.2) is 92.3 Å². The third-order valence-corrected chi connectivity index (χ3v) is 22.8. The van der Waals surface area contributed by atoms with Crippen molar-refractivity contribution < 1.29 is 153 Å². The van der Waals surface area contributed by atoms with Crippen molar-refractivity contribution in [1.82, 2.24) is 25.2 Å². The van der Waals surface area contributed by atoms with E-state index in [-0.39, 0.29) is 167 Å². The zero-order valence-electron chi connectivity index (χ0n) is 61.9. The second-order valence-electron chi connectivity index (χ2n) is 28.7. The van der Waals surface area contributed by atoms with Gasteiger partial charge in [0.15, 0.2) is 6.23 Å². The minimum Gasteiger partial charge on any atom is 0 e. The fourth-order valence-electron chi connectivity index (χ4n) is 16.2. The first kappa shape index (κ1) is 99.2. The van der Waals surface area contributed by atoms with Crippen molar-refractivity contribution >= 4 is 77.3 Å². The van der Waals surface area contributed by atoms with Gasteiger partial charge >= 0.3 is 39.4 Å². The average Bonchev–Trinajstić information content (AvgIpc) is 1.53. The minimum atomic E-state index is -5.35. The summed E-state index contributed by atoms with van der Waals surface area (Å²) in [5.74, 6) is -7.23. The molecule has 6 aliphatic heterocycles. The summed E-state index contributed by atoms with van der Waals surface area (Å²) in [6.45, 7) is 33.6. The second kappa shape index (κ2) is 40.9. The molecule has 1 aromatic carbocycles. The SMILES string of the molecule is C/C1=C2N=C(/C=C3\N/C(=C(/C)C4=N[C@@](C)([C@@H]5N=C1[C@](C)(CCC(=O)NC[C@@H](C)OP(=O)([O-])O[C@H]1[C@@H](O)[C@@H](n6cnc7cc(C)c(C)cc76)O[C@@H]1COCc1ccncc1)[C@H]5CC(N)=O)[C@@](C)(CC(N)=O)[C@@H]4CCC(N)=O)[C@@](C)(CC(N)=O)[C@@H]3CCC(N)=O)C(C)(C)[C@@H]/2CCC(N)=O.O.[Br-].[Br-].[C-]#N.[C-]#[O+].[C-]#[O+].[Co+2].[Re]. The van der Waals surface area contributed by atoms with Gasteiger partial charge in [-0.15, -0.1) is 0 Å². The zero-order chi connectivity index (χ0) is 77.2. The summed E-state index contributed by atoms with van der Waals surface area (Å²) in [5.41, 5.74) is 38.3. The molecule has 7 amide bonds. The fraction of sp³-hybridized carbons (Fsp3) is 0.563. The Kier molecular flexibility index (Phi) is 37.6. The van der Waals surface area contributed by atoms with Gasteiger partial charge in [0.05, 0.1) is 48.3 Å². The van der Waals surface area contributed by atoms with Gasteiger partial charge in [-0.25, -0.2) is 4.98 Å². The largest absolute Gasteiger partial charge is 2.00 e. The van der Waals surface area contributed by atoms with Gasteiger partial charge in [-0.2, -0.15) is 0 Å². The first-order valence-corrected chi connectivity index (χ1v) is 35.0. The Hall–Kier alpha value is -6.79. The minimum absolute atomic E-state index is 0. The molecule has 2 fully saturated rings. The number of rotatable bonds is 29. The number of hydrogen-bond acceptors (Lipinski definition) is 21. The summed E-state index contributed by atoms with van der Waals surface area (Å²) in [6.07, 6.45) is -0.995. The Morgan fingerprint density at radius 2 is 1.36 bits per heavy atom. The van der Waals surface area contributed by atoms with Crippen LogP contribution in [0.4, 0.5) is 0 Å². The van der Waals surface area contributed by atoms with Crippen molar-refractivity contribution in [2.45, 2.75) is 196 Å². The van der Waals surface area contributed by atoms with E-state index in [0.717, 1.165) is 16.7 Å². The van der Waals surface area contributed by atoms with E-state index < -0.39 is 137 Å². The molecule has 0 saturated carbocycles. The number of hydrogen-bond donors (Lipinski definition) is 9. The summed E-state index contributed by atoms with van der Waals surface area (Å²) < 4.78 is 54.2. The molecule has 2 saturated heterocycles. The molecule has 32 nitrogen and oxygen atoms in total. The second-order valence-corrected chi connectivity index (χ2v) is 30.1. The number of nitrogens with one attached hydrogen (secondary N) is 2. The van der Waals surface area contributed by atoms with E-state index in [1.165, 1.54) is 13.3 Å². The maximum atomic E-state index is 14.5. The summed E-state index contributed by atoms with van der Waals surface area (Å²) in [5, 5.41) is 24.6. The number of benzene rings is 1. The van der Waals surface area contributed by atoms with Gasteiger partial charge in [0.25, 0.3) is 7.82 Å². The van der Waals surface area contributed by atoms with E-state index in [1.54, 1.807) is 29.1 Å².